The van der Waals surface area contributed by atoms with Gasteiger partial charge in [0.2, 0.25) is 0 Å². The molecular formula is C24H29N3O4. The molecule has 1 aliphatic carbocycles. The first-order valence-electron chi connectivity index (χ1n) is 10.7. The number of carbonyl (C=O) groups is 3. The molecule has 4 rings (SSSR count). The van der Waals surface area contributed by atoms with Crippen molar-refractivity contribution in [3.05, 3.63) is 57.9 Å². The van der Waals surface area contributed by atoms with Gasteiger partial charge in [-0.1, -0.05) is 18.2 Å². The van der Waals surface area contributed by atoms with Gasteiger partial charge >= 0.3 is 6.03 Å². The zero-order chi connectivity index (χ0) is 22.3. The second-order valence-corrected chi connectivity index (χ2v) is 8.64. The maximum Gasteiger partial charge on any atom is 0.325 e. The van der Waals surface area contributed by atoms with E-state index in [1.165, 1.54) is 11.1 Å². The van der Waals surface area contributed by atoms with Crippen molar-refractivity contribution in [2.45, 2.75) is 52.1 Å². The van der Waals surface area contributed by atoms with Crippen LogP contribution < -0.4 is 5.32 Å². The van der Waals surface area contributed by atoms with Crippen LogP contribution in [0.4, 0.5) is 4.79 Å². The summed E-state index contributed by atoms with van der Waals surface area (Å²) in [5, 5.41) is 2.82. The Balaban J connectivity index is 1.55. The van der Waals surface area contributed by atoms with E-state index in [0.29, 0.717) is 18.7 Å². The van der Waals surface area contributed by atoms with E-state index in [2.05, 4.69) is 5.32 Å². The van der Waals surface area contributed by atoms with Crippen molar-refractivity contribution in [2.75, 3.05) is 20.3 Å². The summed E-state index contributed by atoms with van der Waals surface area (Å²) in [6.07, 6.45) is 3.15. The van der Waals surface area contributed by atoms with Gasteiger partial charge in [0.15, 0.2) is 5.78 Å². The number of methoxy groups -OCH3 is 1. The Morgan fingerprint density at radius 3 is 2.65 bits per heavy atom. The van der Waals surface area contributed by atoms with Crippen LogP contribution in [0.3, 0.4) is 0 Å². The number of nitrogens with one attached hydrogen (secondary N) is 1. The van der Waals surface area contributed by atoms with E-state index in [-0.39, 0.29) is 12.3 Å². The van der Waals surface area contributed by atoms with Gasteiger partial charge in [0.1, 0.15) is 5.54 Å². The molecule has 1 aliphatic heterocycles. The third kappa shape index (κ3) is 3.57. The quantitative estimate of drug-likeness (QED) is 0.549. The molecule has 0 saturated carbocycles. The minimum Gasteiger partial charge on any atom is -0.383 e. The first-order valence-corrected chi connectivity index (χ1v) is 10.7. The standard InChI is InChI=1S/C24H29N3O4/c1-15-12-20(16(2)26(15)10-11-31-4)21(28)14-27-22(29)24(3,25-23(27)30)19-9-8-17-6-5-7-18(17)13-19/h8-9,12-13H,5-7,10-11,14H2,1-4H3,(H,25,30). The highest BCUT2D eigenvalue weighted by Crippen LogP contribution is 2.32. The van der Waals surface area contributed by atoms with Crippen molar-refractivity contribution < 1.29 is 19.1 Å². The normalized spacial score (nSPS) is 20.3. The Kier molecular flexibility index (Phi) is 5.47. The van der Waals surface area contributed by atoms with Crippen molar-refractivity contribution in [3.8, 4) is 0 Å². The number of aryl methyl sites for hydroxylation is 3. The number of amides is 3. The molecule has 2 aromatic rings. The molecule has 0 bridgehead atoms. The second-order valence-electron chi connectivity index (χ2n) is 8.64. The smallest absolute Gasteiger partial charge is 0.325 e. The molecule has 0 spiro atoms. The Bertz CT molecular complexity index is 1070. The number of rotatable bonds is 7. The summed E-state index contributed by atoms with van der Waals surface area (Å²) in [6, 6.07) is 7.26. The van der Waals surface area contributed by atoms with E-state index in [9.17, 15) is 14.4 Å². The van der Waals surface area contributed by atoms with E-state index in [1.54, 1.807) is 14.0 Å². The van der Waals surface area contributed by atoms with Crippen LogP contribution in [0.2, 0.25) is 0 Å². The molecule has 3 amide bonds. The van der Waals surface area contributed by atoms with Crippen LogP contribution in [0.5, 0.6) is 0 Å². The number of imide groups is 1. The van der Waals surface area contributed by atoms with Gasteiger partial charge in [0.25, 0.3) is 5.91 Å². The molecule has 2 heterocycles. The molecular weight excluding hydrogens is 394 g/mol. The molecule has 164 valence electrons. The molecule has 1 aromatic heterocycles. The fourth-order valence-corrected chi connectivity index (χ4v) is 4.76. The molecule has 7 nitrogen and oxygen atoms in total. The van der Waals surface area contributed by atoms with E-state index < -0.39 is 17.5 Å². The highest BCUT2D eigenvalue weighted by molar-refractivity contribution is 6.11. The number of ketones is 1. The van der Waals surface area contributed by atoms with Crippen LogP contribution >= 0.6 is 0 Å². The molecule has 1 fully saturated rings. The number of fused-ring (bicyclic) bond motifs is 1. The zero-order valence-electron chi connectivity index (χ0n) is 18.6. The SMILES string of the molecule is COCCn1c(C)cc(C(=O)CN2C(=O)NC(C)(c3ccc4c(c3)CCC4)C2=O)c1C. The summed E-state index contributed by atoms with van der Waals surface area (Å²) in [5.41, 5.74) is 4.43. The largest absolute Gasteiger partial charge is 0.383 e. The monoisotopic (exact) mass is 423 g/mol. The number of benzene rings is 1. The second kappa shape index (κ2) is 7.96. The van der Waals surface area contributed by atoms with E-state index >= 15 is 0 Å². The summed E-state index contributed by atoms with van der Waals surface area (Å²) in [4.78, 5) is 40.0. The van der Waals surface area contributed by atoms with E-state index in [1.807, 2.05) is 42.7 Å². The summed E-state index contributed by atoms with van der Waals surface area (Å²) in [7, 11) is 1.63. The number of hydrogen-bond acceptors (Lipinski definition) is 4. The third-order valence-electron chi connectivity index (χ3n) is 6.65. The van der Waals surface area contributed by atoms with Crippen LogP contribution in [-0.2, 0) is 34.5 Å². The van der Waals surface area contributed by atoms with Gasteiger partial charge in [-0.15, -0.1) is 0 Å². The lowest BCUT2D eigenvalue weighted by atomic mass is 9.89. The first kappa shape index (κ1) is 21.3. The van der Waals surface area contributed by atoms with Crippen molar-refractivity contribution in [3.63, 3.8) is 0 Å². The molecule has 1 N–H and O–H groups in total. The average Bonchev–Trinajstić information content (AvgIpc) is 3.38. The van der Waals surface area contributed by atoms with Gasteiger partial charge in [0.05, 0.1) is 13.2 Å². The van der Waals surface area contributed by atoms with E-state index in [0.717, 1.165) is 41.1 Å². The minimum absolute atomic E-state index is 0.251. The topological polar surface area (TPSA) is 80.6 Å². The molecule has 1 atom stereocenters. The number of nitrogens with zero attached hydrogens (tertiary/aromatic N) is 2. The molecule has 0 radical (unpaired) electrons. The predicted molar refractivity (Wildman–Crippen MR) is 116 cm³/mol. The van der Waals surface area contributed by atoms with Crippen LogP contribution in [-0.4, -0.2) is 47.4 Å². The number of carbonyl (C=O) groups excluding carboxylic acids is 3. The molecule has 2 aliphatic rings. The minimum atomic E-state index is -1.16. The summed E-state index contributed by atoms with van der Waals surface area (Å²) in [6.45, 7) is 6.41. The first-order chi connectivity index (χ1) is 14.8. The Morgan fingerprint density at radius 1 is 1.16 bits per heavy atom. The Hall–Kier alpha value is -2.93. The molecule has 7 heteroatoms. The van der Waals surface area contributed by atoms with Gasteiger partial charge in [-0.2, -0.15) is 0 Å². The summed E-state index contributed by atoms with van der Waals surface area (Å²) in [5.74, 6) is -0.643. The Labute approximate surface area is 182 Å². The molecule has 1 aromatic carbocycles. The summed E-state index contributed by atoms with van der Waals surface area (Å²) >= 11 is 0. The number of urea groups is 1. The lowest BCUT2D eigenvalue weighted by Gasteiger charge is -2.23. The molecule has 1 unspecified atom stereocenters. The van der Waals surface area contributed by atoms with Crippen LogP contribution in [0.25, 0.3) is 0 Å². The lowest BCUT2D eigenvalue weighted by molar-refractivity contribution is -0.130. The van der Waals surface area contributed by atoms with Gasteiger partial charge in [-0.25, -0.2) is 4.79 Å². The maximum absolute atomic E-state index is 13.3. The summed E-state index contributed by atoms with van der Waals surface area (Å²) < 4.78 is 7.15. The van der Waals surface area contributed by atoms with Gasteiger partial charge in [-0.05, 0) is 62.8 Å². The number of ether oxygens (including phenoxy) is 1. The number of aromatic nitrogens is 1. The van der Waals surface area contributed by atoms with Crippen molar-refractivity contribution in [2.24, 2.45) is 0 Å². The Morgan fingerprint density at radius 2 is 1.90 bits per heavy atom. The zero-order valence-corrected chi connectivity index (χ0v) is 18.6. The third-order valence-corrected chi connectivity index (χ3v) is 6.65. The maximum atomic E-state index is 13.3. The van der Waals surface area contributed by atoms with Gasteiger partial charge < -0.3 is 14.6 Å². The van der Waals surface area contributed by atoms with Gasteiger partial charge in [-0.3, -0.25) is 14.5 Å². The van der Waals surface area contributed by atoms with Crippen molar-refractivity contribution in [1.82, 2.24) is 14.8 Å². The fraction of sp³-hybridized carbons (Fsp3) is 0.458. The van der Waals surface area contributed by atoms with Crippen molar-refractivity contribution >= 4 is 17.7 Å². The van der Waals surface area contributed by atoms with Crippen LogP contribution in [0, 0.1) is 13.8 Å². The number of hydrogen-bond donors (Lipinski definition) is 1. The molecule has 1 saturated heterocycles. The van der Waals surface area contributed by atoms with E-state index in [4.69, 9.17) is 4.74 Å². The van der Waals surface area contributed by atoms with Crippen molar-refractivity contribution in [1.29, 1.82) is 0 Å². The van der Waals surface area contributed by atoms with Crippen LogP contribution in [0.1, 0.15) is 51.8 Å². The molecule has 31 heavy (non-hydrogen) atoms. The lowest BCUT2D eigenvalue weighted by Crippen LogP contribution is -2.41. The highest BCUT2D eigenvalue weighted by atomic mass is 16.5. The highest BCUT2D eigenvalue weighted by Gasteiger charge is 2.49. The fourth-order valence-electron chi connectivity index (χ4n) is 4.76. The predicted octanol–water partition coefficient (Wildman–Crippen LogP) is 2.89. The van der Waals surface area contributed by atoms with Crippen LogP contribution in [0.15, 0.2) is 24.3 Å². The van der Waals surface area contributed by atoms with Gasteiger partial charge in [0, 0.05) is 30.6 Å². The number of Topliss-reactive ketones (excluding diaryl/α,β-unsaturated/α-hetero) is 1. The average molecular weight is 424 g/mol.